The lowest BCUT2D eigenvalue weighted by atomic mass is 10.0. The second kappa shape index (κ2) is 10.9. The van der Waals surface area contributed by atoms with Crippen LogP contribution in [0.1, 0.15) is 40.9 Å². The molecular formula is C20H23F6N5O3. The quantitative estimate of drug-likeness (QED) is 0.432. The highest BCUT2D eigenvalue weighted by Gasteiger charge is 2.41. The Kier molecular flexibility index (Phi) is 8.66. The van der Waals surface area contributed by atoms with Gasteiger partial charge in [0.05, 0.1) is 12.2 Å². The molecule has 1 amide bonds. The molecular weight excluding hydrogens is 472 g/mol. The van der Waals surface area contributed by atoms with Crippen LogP contribution in [-0.4, -0.2) is 50.6 Å². The molecule has 8 nitrogen and oxygen atoms in total. The molecule has 0 bridgehead atoms. The van der Waals surface area contributed by atoms with Crippen molar-refractivity contribution in [2.45, 2.75) is 45.1 Å². The van der Waals surface area contributed by atoms with Gasteiger partial charge in [-0.1, -0.05) is 6.92 Å². The van der Waals surface area contributed by atoms with E-state index in [9.17, 15) is 35.9 Å². The van der Waals surface area contributed by atoms with E-state index in [1.165, 1.54) is 0 Å². The molecule has 0 fully saturated rings. The monoisotopic (exact) mass is 495 g/mol. The molecule has 1 aliphatic heterocycles. The lowest BCUT2D eigenvalue weighted by Crippen LogP contribution is -2.42. The third-order valence-corrected chi connectivity index (χ3v) is 4.82. The van der Waals surface area contributed by atoms with Crippen molar-refractivity contribution >= 4 is 11.9 Å². The van der Waals surface area contributed by atoms with Gasteiger partial charge in [0.25, 0.3) is 0 Å². The molecule has 3 rings (SSSR count). The molecule has 2 heterocycles. The minimum Gasteiger partial charge on any atom is -0.476 e. The van der Waals surface area contributed by atoms with E-state index in [1.54, 1.807) is 0 Å². The van der Waals surface area contributed by atoms with E-state index in [0.29, 0.717) is 16.7 Å². The van der Waals surface area contributed by atoms with E-state index in [1.807, 2.05) is 6.92 Å². The van der Waals surface area contributed by atoms with Crippen LogP contribution in [0, 0.1) is 17.5 Å². The fraction of sp³-hybridized carbons (Fsp3) is 0.450. The summed E-state index contributed by atoms with van der Waals surface area (Å²) >= 11 is 0. The fourth-order valence-corrected chi connectivity index (χ4v) is 3.40. The van der Waals surface area contributed by atoms with E-state index in [2.05, 4.69) is 4.98 Å². The first-order chi connectivity index (χ1) is 15.8. The first kappa shape index (κ1) is 27.1. The molecule has 34 heavy (non-hydrogen) atoms. The number of nitrogens with two attached hydrogens (primary N) is 2. The summed E-state index contributed by atoms with van der Waals surface area (Å²) in [5.41, 5.74) is 9.34. The van der Waals surface area contributed by atoms with E-state index in [-0.39, 0.29) is 37.2 Å². The number of imidazole rings is 1. The van der Waals surface area contributed by atoms with Crippen molar-refractivity contribution in [3.05, 3.63) is 52.4 Å². The summed E-state index contributed by atoms with van der Waals surface area (Å²) in [6.45, 7) is 1.73. The Morgan fingerprint density at radius 3 is 2.29 bits per heavy atom. The Balaban J connectivity index is 0.00000129. The molecule has 1 aromatic heterocycles. The number of carbonyl (C=O) groups is 2. The molecule has 1 atom stereocenters. The zero-order valence-electron chi connectivity index (χ0n) is 18.0. The molecule has 0 aliphatic carbocycles. The maximum absolute atomic E-state index is 13.8. The number of hydrogen-bond acceptors (Lipinski definition) is 5. The van der Waals surface area contributed by atoms with Crippen LogP contribution in [0.3, 0.4) is 0 Å². The fourth-order valence-electron chi connectivity index (χ4n) is 3.40. The van der Waals surface area contributed by atoms with Crippen LogP contribution in [-0.2, 0) is 30.5 Å². The predicted molar refractivity (Wildman–Crippen MR) is 107 cm³/mol. The zero-order chi connectivity index (χ0) is 25.8. The number of halogens is 6. The number of amides is 1. The van der Waals surface area contributed by atoms with Crippen molar-refractivity contribution in [2.75, 3.05) is 13.1 Å². The minimum atomic E-state index is -4.87. The average Bonchev–Trinajstić information content (AvgIpc) is 3.12. The normalized spacial score (nSPS) is 14.2. The van der Waals surface area contributed by atoms with Gasteiger partial charge < -0.3 is 26.0 Å². The molecule has 0 radical (unpaired) electrons. The van der Waals surface area contributed by atoms with Crippen molar-refractivity contribution < 1.29 is 41.0 Å². The molecule has 188 valence electrons. The smallest absolute Gasteiger partial charge is 0.449 e. The number of fused-ring (bicyclic) bond motifs is 1. The highest BCUT2D eigenvalue weighted by molar-refractivity contribution is 5.87. The van der Waals surface area contributed by atoms with Gasteiger partial charge in [-0.15, -0.1) is 0 Å². The Bertz CT molecular complexity index is 1060. The average molecular weight is 495 g/mol. The summed E-state index contributed by atoms with van der Waals surface area (Å²) in [4.78, 5) is 28.1. The molecule has 0 unspecified atom stereocenters. The maximum Gasteiger partial charge on any atom is 0.449 e. The van der Waals surface area contributed by atoms with Crippen LogP contribution >= 0.6 is 0 Å². The van der Waals surface area contributed by atoms with Crippen molar-refractivity contribution in [2.24, 2.45) is 11.5 Å². The van der Waals surface area contributed by atoms with Gasteiger partial charge in [0.15, 0.2) is 17.3 Å². The summed E-state index contributed by atoms with van der Waals surface area (Å²) in [7, 11) is 0. The largest absolute Gasteiger partial charge is 0.476 e. The van der Waals surface area contributed by atoms with Gasteiger partial charge in [0.2, 0.25) is 11.7 Å². The number of aromatic nitrogens is 2. The van der Waals surface area contributed by atoms with Gasteiger partial charge in [-0.3, -0.25) is 4.79 Å². The van der Waals surface area contributed by atoms with Gasteiger partial charge in [0, 0.05) is 31.6 Å². The first-order valence-electron chi connectivity index (χ1n) is 10.1. The summed E-state index contributed by atoms with van der Waals surface area (Å²) in [5, 5.41) is 9.16. The number of hydrogen-bond donors (Lipinski definition) is 3. The van der Waals surface area contributed by atoms with Crippen LogP contribution in [0.25, 0.3) is 0 Å². The topological polar surface area (TPSA) is 127 Å². The molecule has 0 saturated carbocycles. The molecule has 5 N–H and O–H groups in total. The Hall–Kier alpha value is -3.13. The number of rotatable bonds is 5. The number of carbonyl (C=O) groups excluding carboxylic acids is 1. The van der Waals surface area contributed by atoms with Crippen LogP contribution in [0.2, 0.25) is 0 Å². The number of aromatic carboxylic acids is 1. The summed E-state index contributed by atoms with van der Waals surface area (Å²) in [6, 6.07) is -0.00786. The summed E-state index contributed by atoms with van der Waals surface area (Å²) in [6.07, 6.45) is -5.54. The van der Waals surface area contributed by atoms with Crippen LogP contribution in [0.4, 0.5) is 26.3 Å². The molecule has 1 aliphatic rings. The Labute approximate surface area is 190 Å². The van der Waals surface area contributed by atoms with Crippen LogP contribution in [0.15, 0.2) is 12.1 Å². The third kappa shape index (κ3) is 6.26. The van der Waals surface area contributed by atoms with Crippen molar-refractivity contribution in [3.63, 3.8) is 0 Å². The highest BCUT2D eigenvalue weighted by atomic mass is 19.4. The van der Waals surface area contributed by atoms with Gasteiger partial charge in [-0.25, -0.2) is 22.9 Å². The lowest BCUT2D eigenvalue weighted by Gasteiger charge is -2.30. The van der Waals surface area contributed by atoms with Crippen molar-refractivity contribution in [1.82, 2.24) is 14.5 Å². The Morgan fingerprint density at radius 1 is 1.15 bits per heavy atom. The number of alkyl halides is 3. The molecule has 0 spiro atoms. The zero-order valence-corrected chi connectivity index (χ0v) is 18.0. The summed E-state index contributed by atoms with van der Waals surface area (Å²) < 4.78 is 80.1. The van der Waals surface area contributed by atoms with Crippen LogP contribution in [0.5, 0.6) is 0 Å². The number of nitrogens with zero attached hydrogens (tertiary/aromatic N) is 3. The SMILES string of the molecule is CCN.N[C@@H](CC(=O)N1CCn2c(C(F)(F)F)nc(C(=O)O)c2C1)Cc1cc(F)c(F)cc1F. The van der Waals surface area contributed by atoms with Gasteiger partial charge in [0.1, 0.15) is 5.82 Å². The first-order valence-corrected chi connectivity index (χ1v) is 10.1. The second-order valence-electron chi connectivity index (χ2n) is 7.43. The lowest BCUT2D eigenvalue weighted by molar-refractivity contribution is -0.148. The van der Waals surface area contributed by atoms with E-state index >= 15 is 0 Å². The molecule has 2 aromatic rings. The van der Waals surface area contributed by atoms with Crippen molar-refractivity contribution in [3.8, 4) is 0 Å². The van der Waals surface area contributed by atoms with Crippen molar-refractivity contribution in [1.29, 1.82) is 0 Å². The third-order valence-electron chi connectivity index (χ3n) is 4.82. The second-order valence-corrected chi connectivity index (χ2v) is 7.43. The number of carboxylic acid groups (broad SMARTS) is 1. The molecule has 0 saturated heterocycles. The molecule has 14 heteroatoms. The molecule has 1 aromatic carbocycles. The van der Waals surface area contributed by atoms with Gasteiger partial charge >= 0.3 is 12.1 Å². The Morgan fingerprint density at radius 2 is 1.74 bits per heavy atom. The van der Waals surface area contributed by atoms with E-state index in [4.69, 9.17) is 16.6 Å². The van der Waals surface area contributed by atoms with E-state index < -0.39 is 59.6 Å². The maximum atomic E-state index is 13.8. The minimum absolute atomic E-state index is 0.156. The van der Waals surface area contributed by atoms with Gasteiger partial charge in [-0.2, -0.15) is 13.2 Å². The van der Waals surface area contributed by atoms with Gasteiger partial charge in [-0.05, 0) is 24.6 Å². The van der Waals surface area contributed by atoms with E-state index in [0.717, 1.165) is 11.4 Å². The van der Waals surface area contributed by atoms with Crippen LogP contribution < -0.4 is 11.5 Å². The highest BCUT2D eigenvalue weighted by Crippen LogP contribution is 2.32. The number of carboxylic acids is 1. The summed E-state index contributed by atoms with van der Waals surface area (Å²) in [5.74, 6) is -7.33. The standard InChI is InChI=1S/C18H16F6N4O3.C2H7N/c19-10-6-12(21)11(20)4-8(10)3-9(25)5-14(29)27-1-2-28-13(7-27)15(16(30)31)26-17(28)18(22,23)24;1-2-3/h4,6,9H,1-3,5,7,25H2,(H,30,31);2-3H2,1H3/t9-;/m1./s1. The predicted octanol–water partition coefficient (Wildman–Crippen LogP) is 2.28. The number of benzene rings is 1.